The molecule has 0 fully saturated rings. The second-order valence-corrected chi connectivity index (χ2v) is 5.00. The van der Waals surface area contributed by atoms with E-state index in [2.05, 4.69) is 25.8 Å². The van der Waals surface area contributed by atoms with Crippen LogP contribution in [0.5, 0.6) is 0 Å². The van der Waals surface area contributed by atoms with Gasteiger partial charge in [-0.1, -0.05) is 29.8 Å². The lowest BCUT2D eigenvalue weighted by molar-refractivity contribution is 0.256. The quantitative estimate of drug-likeness (QED) is 0.857. The molecule has 3 heteroatoms. The zero-order valence-corrected chi connectivity index (χ0v) is 11.0. The van der Waals surface area contributed by atoms with Crippen molar-refractivity contribution >= 4 is 11.6 Å². The van der Waals surface area contributed by atoms with E-state index < -0.39 is 0 Å². The zero-order valence-electron chi connectivity index (χ0n) is 10.3. The normalized spacial score (nSPS) is 13.4. The molecule has 1 aromatic rings. The molecule has 0 heterocycles. The van der Waals surface area contributed by atoms with E-state index in [0.29, 0.717) is 6.04 Å². The van der Waals surface area contributed by atoms with E-state index in [9.17, 15) is 0 Å². The third-order valence-corrected chi connectivity index (χ3v) is 3.21. The van der Waals surface area contributed by atoms with Gasteiger partial charge in [-0.15, -0.1) is 0 Å². The molecule has 2 N–H and O–H groups in total. The molecule has 2 nitrogen and oxygen atoms in total. The second kappa shape index (κ2) is 6.24. The largest absolute Gasteiger partial charge is 0.326 e. The Hall–Kier alpha value is -0.570. The Morgan fingerprint density at radius 3 is 2.50 bits per heavy atom. The van der Waals surface area contributed by atoms with Gasteiger partial charge < -0.3 is 10.6 Å². The molecule has 1 rings (SSSR count). The lowest BCUT2D eigenvalue weighted by Crippen LogP contribution is -2.40. The van der Waals surface area contributed by atoms with Crippen LogP contribution in [0.3, 0.4) is 0 Å². The third kappa shape index (κ3) is 4.12. The minimum atomic E-state index is 0.132. The van der Waals surface area contributed by atoms with Gasteiger partial charge in [0.1, 0.15) is 0 Å². The van der Waals surface area contributed by atoms with Crippen LogP contribution in [0.25, 0.3) is 0 Å². The van der Waals surface area contributed by atoms with Gasteiger partial charge in [0.25, 0.3) is 0 Å². The summed E-state index contributed by atoms with van der Waals surface area (Å²) in [6, 6.07) is 8.55. The van der Waals surface area contributed by atoms with Crippen molar-refractivity contribution in [1.82, 2.24) is 4.90 Å². The van der Waals surface area contributed by atoms with E-state index >= 15 is 0 Å². The van der Waals surface area contributed by atoms with Gasteiger partial charge in [-0.2, -0.15) is 0 Å². The summed E-state index contributed by atoms with van der Waals surface area (Å²) in [7, 11) is 2.09. The maximum atomic E-state index is 6.11. The van der Waals surface area contributed by atoms with Crippen molar-refractivity contribution in [3.8, 4) is 0 Å². The average Bonchev–Trinajstić information content (AvgIpc) is 2.21. The highest BCUT2D eigenvalue weighted by Crippen LogP contribution is 2.16. The molecule has 0 radical (unpaired) electrons. The second-order valence-electron chi connectivity index (χ2n) is 4.59. The number of hydrogen-bond acceptors (Lipinski definition) is 2. The lowest BCUT2D eigenvalue weighted by atomic mass is 10.1. The molecular formula is C13H21ClN2. The van der Waals surface area contributed by atoms with Crippen molar-refractivity contribution in [3.63, 3.8) is 0 Å². The fraction of sp³-hybridized carbons (Fsp3) is 0.538. The Bertz CT molecular complexity index is 325. The van der Waals surface area contributed by atoms with Crippen LogP contribution in [0, 0.1) is 0 Å². The molecule has 1 unspecified atom stereocenters. The zero-order chi connectivity index (χ0) is 12.1. The summed E-state index contributed by atoms with van der Waals surface area (Å²) < 4.78 is 0. The lowest BCUT2D eigenvalue weighted by Gasteiger charge is -2.24. The number of rotatable bonds is 5. The first kappa shape index (κ1) is 13.5. The van der Waals surface area contributed by atoms with Crippen LogP contribution in [-0.2, 0) is 6.42 Å². The molecule has 0 aliphatic carbocycles. The first-order valence-corrected chi connectivity index (χ1v) is 6.07. The minimum Gasteiger partial charge on any atom is -0.326 e. The molecule has 16 heavy (non-hydrogen) atoms. The SMILES string of the molecule is CC(C)N(C)CC(N)Cc1ccccc1Cl. The van der Waals surface area contributed by atoms with Crippen molar-refractivity contribution in [2.24, 2.45) is 5.73 Å². The van der Waals surface area contributed by atoms with Gasteiger partial charge in [-0.25, -0.2) is 0 Å². The molecule has 0 bridgehead atoms. The smallest absolute Gasteiger partial charge is 0.0438 e. The molecule has 1 atom stereocenters. The van der Waals surface area contributed by atoms with Gasteiger partial charge in [0.2, 0.25) is 0 Å². The monoisotopic (exact) mass is 240 g/mol. The maximum Gasteiger partial charge on any atom is 0.0438 e. The van der Waals surface area contributed by atoms with Gasteiger partial charge >= 0.3 is 0 Å². The first-order valence-electron chi connectivity index (χ1n) is 5.70. The van der Waals surface area contributed by atoms with Crippen molar-refractivity contribution < 1.29 is 0 Å². The highest BCUT2D eigenvalue weighted by atomic mass is 35.5. The van der Waals surface area contributed by atoms with Crippen molar-refractivity contribution in [3.05, 3.63) is 34.9 Å². The van der Waals surface area contributed by atoms with Crippen molar-refractivity contribution in [2.45, 2.75) is 32.4 Å². The summed E-state index contributed by atoms with van der Waals surface area (Å²) in [5, 5.41) is 0.810. The summed E-state index contributed by atoms with van der Waals surface area (Å²) in [5.74, 6) is 0. The topological polar surface area (TPSA) is 29.3 Å². The number of halogens is 1. The summed E-state index contributed by atoms with van der Waals surface area (Å²) >= 11 is 6.10. The molecule has 0 aliphatic heterocycles. The van der Waals surface area contributed by atoms with Gasteiger partial charge in [0.15, 0.2) is 0 Å². The minimum absolute atomic E-state index is 0.132. The number of nitrogens with zero attached hydrogens (tertiary/aromatic N) is 1. The number of hydrogen-bond donors (Lipinski definition) is 1. The Labute approximate surface area is 103 Å². The molecule has 90 valence electrons. The van der Waals surface area contributed by atoms with Crippen molar-refractivity contribution in [2.75, 3.05) is 13.6 Å². The Kier molecular flexibility index (Phi) is 5.26. The van der Waals surface area contributed by atoms with Crippen LogP contribution in [0.15, 0.2) is 24.3 Å². The van der Waals surface area contributed by atoms with Gasteiger partial charge in [-0.3, -0.25) is 0 Å². The fourth-order valence-corrected chi connectivity index (χ4v) is 1.80. The number of benzene rings is 1. The highest BCUT2D eigenvalue weighted by molar-refractivity contribution is 6.31. The van der Waals surface area contributed by atoms with Crippen LogP contribution in [-0.4, -0.2) is 30.6 Å². The number of nitrogens with two attached hydrogens (primary N) is 1. The molecule has 1 aromatic carbocycles. The molecule has 0 saturated carbocycles. The molecule has 0 aliphatic rings. The number of likely N-dealkylation sites (N-methyl/N-ethyl adjacent to an activating group) is 1. The summed E-state index contributed by atoms with van der Waals surface area (Å²) in [4.78, 5) is 2.25. The Morgan fingerprint density at radius 1 is 1.31 bits per heavy atom. The molecular weight excluding hydrogens is 220 g/mol. The summed E-state index contributed by atoms with van der Waals surface area (Å²) in [6.45, 7) is 5.23. The van der Waals surface area contributed by atoms with E-state index in [1.54, 1.807) is 0 Å². The van der Waals surface area contributed by atoms with E-state index in [1.807, 2.05) is 24.3 Å². The standard InChI is InChI=1S/C13H21ClN2/c1-10(2)16(3)9-12(15)8-11-6-4-5-7-13(11)14/h4-7,10,12H,8-9,15H2,1-3H3. The summed E-state index contributed by atoms with van der Waals surface area (Å²) in [5.41, 5.74) is 7.25. The predicted octanol–water partition coefficient (Wildman–Crippen LogP) is 2.55. The van der Waals surface area contributed by atoms with E-state index in [1.165, 1.54) is 0 Å². The van der Waals surface area contributed by atoms with Gasteiger partial charge in [0.05, 0.1) is 0 Å². The van der Waals surface area contributed by atoms with Gasteiger partial charge in [0, 0.05) is 23.7 Å². The maximum absolute atomic E-state index is 6.11. The summed E-state index contributed by atoms with van der Waals surface area (Å²) in [6.07, 6.45) is 0.830. The Morgan fingerprint density at radius 2 is 1.94 bits per heavy atom. The van der Waals surface area contributed by atoms with Crippen LogP contribution in [0.2, 0.25) is 5.02 Å². The third-order valence-electron chi connectivity index (χ3n) is 2.84. The van der Waals surface area contributed by atoms with Crippen LogP contribution < -0.4 is 5.73 Å². The fourth-order valence-electron chi connectivity index (χ4n) is 1.59. The Balaban J connectivity index is 2.52. The molecule has 0 saturated heterocycles. The first-order chi connectivity index (χ1) is 7.50. The van der Waals surface area contributed by atoms with Gasteiger partial charge in [-0.05, 0) is 38.9 Å². The van der Waals surface area contributed by atoms with E-state index in [-0.39, 0.29) is 6.04 Å². The van der Waals surface area contributed by atoms with Crippen LogP contribution >= 0.6 is 11.6 Å². The van der Waals surface area contributed by atoms with Crippen LogP contribution in [0.4, 0.5) is 0 Å². The van der Waals surface area contributed by atoms with Crippen molar-refractivity contribution in [1.29, 1.82) is 0 Å². The predicted molar refractivity (Wildman–Crippen MR) is 70.9 cm³/mol. The van der Waals surface area contributed by atoms with E-state index in [4.69, 9.17) is 17.3 Å². The van der Waals surface area contributed by atoms with Crippen LogP contribution in [0.1, 0.15) is 19.4 Å². The van der Waals surface area contributed by atoms with E-state index in [0.717, 1.165) is 23.6 Å². The molecule has 0 spiro atoms. The highest BCUT2D eigenvalue weighted by Gasteiger charge is 2.11. The molecule has 0 aromatic heterocycles. The molecule has 0 amide bonds. The average molecular weight is 241 g/mol.